The van der Waals surface area contributed by atoms with Crippen molar-refractivity contribution in [3.05, 3.63) is 41.2 Å². The minimum atomic E-state index is -0.0365. The number of likely N-dealkylation sites (tertiary alicyclic amines) is 1. The molecule has 1 aromatic carbocycles. The van der Waals surface area contributed by atoms with Crippen LogP contribution < -0.4 is 25.8 Å². The van der Waals surface area contributed by atoms with Gasteiger partial charge in [0.25, 0.3) is 5.91 Å². The fourth-order valence-electron chi connectivity index (χ4n) is 5.90. The molecule has 0 radical (unpaired) electrons. The number of anilines is 3. The Labute approximate surface area is 240 Å². The summed E-state index contributed by atoms with van der Waals surface area (Å²) in [6, 6.07) is 8.58. The largest absolute Gasteiger partial charge is 0.485 e. The number of hydrogen-bond donors (Lipinski definition) is 3. The first-order valence-corrected chi connectivity index (χ1v) is 14.5. The Morgan fingerprint density at radius 2 is 1.78 bits per heavy atom. The summed E-state index contributed by atoms with van der Waals surface area (Å²) < 4.78 is 17.6. The normalized spacial score (nSPS) is 19.9. The highest BCUT2D eigenvalue weighted by Crippen LogP contribution is 2.43. The highest BCUT2D eigenvalue weighted by Gasteiger charge is 2.32. The summed E-state index contributed by atoms with van der Waals surface area (Å²) in [7, 11) is 0. The number of nitrogens with two attached hydrogens (primary N) is 1. The number of aromatic nitrogens is 1. The van der Waals surface area contributed by atoms with Gasteiger partial charge in [-0.05, 0) is 44.7 Å². The number of hydrogen-bond acceptors (Lipinski definition) is 10. The van der Waals surface area contributed by atoms with Gasteiger partial charge in [-0.1, -0.05) is 0 Å². The van der Waals surface area contributed by atoms with Crippen molar-refractivity contribution in [2.24, 2.45) is 5.73 Å². The van der Waals surface area contributed by atoms with Crippen LogP contribution in [0.15, 0.2) is 24.4 Å². The molecule has 41 heavy (non-hydrogen) atoms. The lowest BCUT2D eigenvalue weighted by Crippen LogP contribution is -2.50. The summed E-state index contributed by atoms with van der Waals surface area (Å²) in [5.74, 6) is 1.52. The van der Waals surface area contributed by atoms with Crippen LogP contribution in [0.25, 0.3) is 5.57 Å². The van der Waals surface area contributed by atoms with Crippen LogP contribution in [0.1, 0.15) is 47.3 Å². The van der Waals surface area contributed by atoms with E-state index in [4.69, 9.17) is 24.9 Å². The molecule has 11 heteroatoms. The number of morpholine rings is 1. The molecule has 0 spiro atoms. The smallest absolute Gasteiger partial charge is 0.257 e. The number of pyridine rings is 1. The van der Waals surface area contributed by atoms with E-state index in [0.717, 1.165) is 57.7 Å². The fourth-order valence-corrected chi connectivity index (χ4v) is 5.90. The summed E-state index contributed by atoms with van der Waals surface area (Å²) in [4.78, 5) is 22.8. The number of allylic oxidation sites excluding steroid dienone is 1. The zero-order chi connectivity index (χ0) is 28.3. The van der Waals surface area contributed by atoms with Gasteiger partial charge in [-0.2, -0.15) is 5.26 Å². The number of aryl methyl sites for hydroxylation is 1. The van der Waals surface area contributed by atoms with E-state index in [1.165, 1.54) is 6.20 Å². The van der Waals surface area contributed by atoms with Crippen molar-refractivity contribution in [3.63, 3.8) is 0 Å². The molecule has 3 fully saturated rings. The summed E-state index contributed by atoms with van der Waals surface area (Å²) in [5, 5.41) is 16.5. The van der Waals surface area contributed by atoms with Crippen LogP contribution in [-0.4, -0.2) is 85.4 Å². The van der Waals surface area contributed by atoms with Gasteiger partial charge in [0.05, 0.1) is 35.7 Å². The zero-order valence-corrected chi connectivity index (χ0v) is 23.4. The number of nitrogens with zero attached hydrogens (tertiary/aromatic N) is 4. The SMILES string of the molecule is Cc1nc(Nc2ccc(C(=O)N3CCC(N4CCOCC4)CC3)c3c2OCCO3)cc(NC2CC2)c1/C(C#N)=C\N. The van der Waals surface area contributed by atoms with Crippen molar-refractivity contribution < 1.29 is 19.0 Å². The van der Waals surface area contributed by atoms with E-state index in [2.05, 4.69) is 21.6 Å². The Bertz CT molecular complexity index is 1370. The third-order valence-electron chi connectivity index (χ3n) is 8.19. The lowest BCUT2D eigenvalue weighted by molar-refractivity contribution is 0.00152. The molecule has 1 amide bonds. The number of piperidine rings is 1. The predicted molar refractivity (Wildman–Crippen MR) is 155 cm³/mol. The molecule has 216 valence electrons. The number of fused-ring (bicyclic) bond motifs is 1. The number of carbonyl (C=O) groups excluding carboxylic acids is 1. The second kappa shape index (κ2) is 11.8. The number of benzene rings is 1. The molecule has 1 aliphatic carbocycles. The van der Waals surface area contributed by atoms with E-state index < -0.39 is 0 Å². The van der Waals surface area contributed by atoms with E-state index in [9.17, 15) is 10.1 Å². The van der Waals surface area contributed by atoms with Crippen LogP contribution in [0, 0.1) is 18.3 Å². The molecular formula is C30H37N7O4. The molecule has 0 atom stereocenters. The third-order valence-corrected chi connectivity index (χ3v) is 8.19. The standard InChI is InChI=1S/C30H37N7O4/c1-19-27(20(17-31)18-32)25(34-21-2-3-21)16-26(33-19)35-24-5-4-23(28-29(24)41-15-14-40-28)30(38)37-8-6-22(7-9-37)36-10-12-39-13-11-36/h4-5,16-17,21-22H,2-3,6-15,31H2,1H3,(H2,33,34,35)/b20-17-. The topological polar surface area (TPSA) is 138 Å². The van der Waals surface area contributed by atoms with Crippen molar-refractivity contribution in [1.29, 1.82) is 5.26 Å². The Kier molecular flexibility index (Phi) is 7.85. The molecule has 4 N–H and O–H groups in total. The van der Waals surface area contributed by atoms with E-state index in [0.29, 0.717) is 83.8 Å². The molecule has 2 saturated heterocycles. The third kappa shape index (κ3) is 5.76. The van der Waals surface area contributed by atoms with Crippen LogP contribution in [0.2, 0.25) is 0 Å². The molecule has 0 bridgehead atoms. The average Bonchev–Trinajstić information content (AvgIpc) is 3.83. The second-order valence-corrected chi connectivity index (χ2v) is 10.9. The number of amides is 1. The maximum Gasteiger partial charge on any atom is 0.257 e. The monoisotopic (exact) mass is 559 g/mol. The number of ether oxygens (including phenoxy) is 3. The quantitative estimate of drug-likeness (QED) is 0.434. The Morgan fingerprint density at radius 3 is 2.46 bits per heavy atom. The minimum absolute atomic E-state index is 0.0365. The summed E-state index contributed by atoms with van der Waals surface area (Å²) in [6.07, 6.45) is 5.39. The van der Waals surface area contributed by atoms with Crippen LogP contribution in [-0.2, 0) is 4.74 Å². The molecule has 4 aliphatic rings. The lowest BCUT2D eigenvalue weighted by atomic mass is 10.0. The van der Waals surface area contributed by atoms with Gasteiger partial charge in [0.2, 0.25) is 0 Å². The van der Waals surface area contributed by atoms with Crippen LogP contribution in [0.4, 0.5) is 17.2 Å². The molecule has 4 heterocycles. The van der Waals surface area contributed by atoms with E-state index in [1.807, 2.05) is 30.0 Å². The molecular weight excluding hydrogens is 522 g/mol. The molecule has 6 rings (SSSR count). The van der Waals surface area contributed by atoms with Crippen molar-refractivity contribution in [2.75, 3.05) is 63.2 Å². The van der Waals surface area contributed by atoms with Gasteiger partial charge < -0.3 is 35.5 Å². The van der Waals surface area contributed by atoms with Gasteiger partial charge in [-0.15, -0.1) is 0 Å². The summed E-state index contributed by atoms with van der Waals surface area (Å²) in [5.41, 5.74) is 9.47. The number of nitriles is 1. The highest BCUT2D eigenvalue weighted by atomic mass is 16.6. The Hall–Kier alpha value is -4.01. The molecule has 1 saturated carbocycles. The van der Waals surface area contributed by atoms with Gasteiger partial charge in [0.1, 0.15) is 25.1 Å². The number of rotatable bonds is 7. The molecule has 11 nitrogen and oxygen atoms in total. The molecule has 1 aromatic heterocycles. The van der Waals surface area contributed by atoms with Crippen molar-refractivity contribution in [2.45, 2.75) is 44.7 Å². The first-order chi connectivity index (χ1) is 20.1. The summed E-state index contributed by atoms with van der Waals surface area (Å²) >= 11 is 0. The van der Waals surface area contributed by atoms with Crippen LogP contribution in [0.5, 0.6) is 11.5 Å². The van der Waals surface area contributed by atoms with Gasteiger partial charge in [0, 0.05) is 61.8 Å². The van der Waals surface area contributed by atoms with E-state index >= 15 is 0 Å². The maximum atomic E-state index is 13.7. The van der Waals surface area contributed by atoms with Gasteiger partial charge in [-0.3, -0.25) is 9.69 Å². The Balaban J connectivity index is 1.23. The number of carbonyl (C=O) groups is 1. The van der Waals surface area contributed by atoms with Crippen molar-refractivity contribution in [1.82, 2.24) is 14.8 Å². The zero-order valence-electron chi connectivity index (χ0n) is 23.4. The average molecular weight is 560 g/mol. The first kappa shape index (κ1) is 27.2. The highest BCUT2D eigenvalue weighted by molar-refractivity contribution is 5.99. The van der Waals surface area contributed by atoms with E-state index in [1.54, 1.807) is 0 Å². The second-order valence-electron chi connectivity index (χ2n) is 10.9. The fraction of sp³-hybridized carbons (Fsp3) is 0.500. The summed E-state index contributed by atoms with van der Waals surface area (Å²) in [6.45, 7) is 7.54. The van der Waals surface area contributed by atoms with Gasteiger partial charge in [0.15, 0.2) is 11.5 Å². The van der Waals surface area contributed by atoms with Crippen molar-refractivity contribution >= 4 is 28.7 Å². The Morgan fingerprint density at radius 1 is 1.05 bits per heavy atom. The van der Waals surface area contributed by atoms with Crippen LogP contribution >= 0.6 is 0 Å². The first-order valence-electron chi connectivity index (χ1n) is 14.5. The van der Waals surface area contributed by atoms with E-state index in [-0.39, 0.29) is 5.91 Å². The minimum Gasteiger partial charge on any atom is -0.485 e. The predicted octanol–water partition coefficient (Wildman–Crippen LogP) is 3.24. The molecule has 0 unspecified atom stereocenters. The lowest BCUT2D eigenvalue weighted by Gasteiger charge is -2.40. The van der Waals surface area contributed by atoms with Crippen LogP contribution in [0.3, 0.4) is 0 Å². The van der Waals surface area contributed by atoms with Gasteiger partial charge >= 0.3 is 0 Å². The number of nitrogens with one attached hydrogen (secondary N) is 2. The molecule has 2 aromatic rings. The maximum absolute atomic E-state index is 13.7. The molecule has 3 aliphatic heterocycles. The van der Waals surface area contributed by atoms with Gasteiger partial charge in [-0.25, -0.2) is 4.98 Å². The van der Waals surface area contributed by atoms with Crippen molar-refractivity contribution in [3.8, 4) is 17.6 Å².